The van der Waals surface area contributed by atoms with Crippen LogP contribution in [-0.2, 0) is 4.74 Å². The third-order valence-electron chi connectivity index (χ3n) is 5.98. The lowest BCUT2D eigenvalue weighted by atomic mass is 9.85. The van der Waals surface area contributed by atoms with Crippen molar-refractivity contribution in [2.75, 3.05) is 31.6 Å². The number of nitrogens with zero attached hydrogens (tertiary/aromatic N) is 7. The highest BCUT2D eigenvalue weighted by Crippen LogP contribution is 2.29. The van der Waals surface area contributed by atoms with Gasteiger partial charge in [0.05, 0.1) is 24.9 Å². The quantitative estimate of drug-likeness (QED) is 0.568. The zero-order valence-corrected chi connectivity index (χ0v) is 16.0. The zero-order chi connectivity index (χ0) is 19.2. The third kappa shape index (κ3) is 3.02. The van der Waals surface area contributed by atoms with Crippen LogP contribution < -0.4 is 5.32 Å². The maximum atomic E-state index is 5.44. The minimum Gasteiger partial charge on any atom is -0.379 e. The van der Waals surface area contributed by atoms with Gasteiger partial charge >= 0.3 is 0 Å². The summed E-state index contributed by atoms with van der Waals surface area (Å²) >= 11 is 0. The molecule has 0 bridgehead atoms. The molecule has 1 aliphatic carbocycles. The van der Waals surface area contributed by atoms with E-state index in [4.69, 9.17) is 4.74 Å². The molecule has 1 aliphatic heterocycles. The number of fused-ring (bicyclic) bond motifs is 2. The van der Waals surface area contributed by atoms with Gasteiger partial charge in [0.2, 0.25) is 11.7 Å². The number of hydrogen-bond donors (Lipinski definition) is 1. The van der Waals surface area contributed by atoms with Crippen LogP contribution in [0.5, 0.6) is 0 Å². The number of imidazole rings is 1. The van der Waals surface area contributed by atoms with E-state index in [9.17, 15) is 0 Å². The minimum absolute atomic E-state index is 0.433. The summed E-state index contributed by atoms with van der Waals surface area (Å²) in [5, 5.41) is 8.14. The molecule has 2 aliphatic rings. The second-order valence-corrected chi connectivity index (χ2v) is 7.73. The Bertz CT molecular complexity index is 1160. The first-order valence-corrected chi connectivity index (χ1v) is 10.1. The van der Waals surface area contributed by atoms with E-state index in [-0.39, 0.29) is 0 Å². The molecule has 0 atom stereocenters. The van der Waals surface area contributed by atoms with E-state index in [0.29, 0.717) is 23.8 Å². The van der Waals surface area contributed by atoms with Crippen molar-refractivity contribution in [1.29, 1.82) is 0 Å². The number of hydrogen-bond acceptors (Lipinski definition) is 7. The van der Waals surface area contributed by atoms with E-state index >= 15 is 0 Å². The molecule has 0 unspecified atom stereocenters. The molecule has 0 aromatic carbocycles. The van der Waals surface area contributed by atoms with Crippen LogP contribution in [0.15, 0.2) is 43.2 Å². The molecule has 4 aromatic heterocycles. The highest BCUT2D eigenvalue weighted by molar-refractivity contribution is 5.79. The summed E-state index contributed by atoms with van der Waals surface area (Å²) in [7, 11) is 0. The van der Waals surface area contributed by atoms with Gasteiger partial charge in [0.1, 0.15) is 0 Å². The Hall–Kier alpha value is -3.04. The van der Waals surface area contributed by atoms with E-state index in [2.05, 4.69) is 30.3 Å². The molecule has 6 rings (SSSR count). The highest BCUT2D eigenvalue weighted by Gasteiger charge is 2.34. The Morgan fingerprint density at radius 1 is 1.03 bits per heavy atom. The molecule has 0 spiro atoms. The van der Waals surface area contributed by atoms with Gasteiger partial charge < -0.3 is 10.1 Å². The van der Waals surface area contributed by atoms with Crippen molar-refractivity contribution < 1.29 is 4.74 Å². The molecule has 5 heterocycles. The van der Waals surface area contributed by atoms with Crippen LogP contribution in [0.3, 0.4) is 0 Å². The van der Waals surface area contributed by atoms with Crippen LogP contribution in [0.4, 0.5) is 5.95 Å². The molecule has 2 fully saturated rings. The second kappa shape index (κ2) is 6.78. The van der Waals surface area contributed by atoms with Gasteiger partial charge in [0.15, 0.2) is 0 Å². The minimum atomic E-state index is 0.433. The molecule has 1 saturated carbocycles. The van der Waals surface area contributed by atoms with Crippen molar-refractivity contribution in [3.05, 3.63) is 43.2 Å². The van der Waals surface area contributed by atoms with Gasteiger partial charge in [-0.1, -0.05) is 0 Å². The summed E-state index contributed by atoms with van der Waals surface area (Å²) in [6.45, 7) is 3.80. The summed E-state index contributed by atoms with van der Waals surface area (Å²) in [5.41, 5.74) is 3.02. The number of ether oxygens (including phenoxy) is 1. The van der Waals surface area contributed by atoms with Crippen LogP contribution >= 0.6 is 0 Å². The Morgan fingerprint density at radius 3 is 2.83 bits per heavy atom. The van der Waals surface area contributed by atoms with Crippen LogP contribution in [0.1, 0.15) is 12.8 Å². The van der Waals surface area contributed by atoms with E-state index in [1.165, 1.54) is 0 Å². The number of rotatable bonds is 4. The summed E-state index contributed by atoms with van der Waals surface area (Å²) in [5.74, 6) is 1.36. The van der Waals surface area contributed by atoms with Crippen LogP contribution in [0.25, 0.3) is 22.4 Å². The second-order valence-electron chi connectivity index (χ2n) is 7.73. The molecule has 1 saturated heterocycles. The average molecular weight is 390 g/mol. The van der Waals surface area contributed by atoms with E-state index in [1.54, 1.807) is 6.20 Å². The van der Waals surface area contributed by atoms with Crippen molar-refractivity contribution in [2.45, 2.75) is 24.9 Å². The fraction of sp³-hybridized carbons (Fsp3) is 0.400. The molecular formula is C20H22N8O. The molecule has 0 radical (unpaired) electrons. The first-order chi connectivity index (χ1) is 14.3. The fourth-order valence-corrected chi connectivity index (χ4v) is 4.29. The van der Waals surface area contributed by atoms with Crippen LogP contribution in [0, 0.1) is 0 Å². The molecule has 4 aromatic rings. The van der Waals surface area contributed by atoms with Crippen molar-refractivity contribution >= 4 is 17.2 Å². The lowest BCUT2D eigenvalue weighted by molar-refractivity contribution is -0.00443. The Balaban J connectivity index is 1.18. The summed E-state index contributed by atoms with van der Waals surface area (Å²) < 4.78 is 9.23. The standard InChI is InChI=1S/C20H22N8O/c1-3-28-18(17(1)14-11-23-20-21-2-4-27(20)13-14)12-22-19(25-28)24-15-9-16(10-15)26-5-7-29-8-6-26/h1-4,11-13,15-16H,5-10H2,(H,24,25). The summed E-state index contributed by atoms with van der Waals surface area (Å²) in [6, 6.07) is 3.14. The third-order valence-corrected chi connectivity index (χ3v) is 5.98. The maximum absolute atomic E-state index is 5.44. The van der Waals surface area contributed by atoms with Gasteiger partial charge in [-0.2, -0.15) is 0 Å². The van der Waals surface area contributed by atoms with Crippen molar-refractivity contribution in [3.63, 3.8) is 0 Å². The number of aromatic nitrogens is 6. The number of anilines is 1. The molecule has 1 N–H and O–H groups in total. The average Bonchev–Trinajstić information content (AvgIpc) is 3.36. The maximum Gasteiger partial charge on any atom is 0.241 e. The van der Waals surface area contributed by atoms with Gasteiger partial charge in [-0.25, -0.2) is 19.5 Å². The molecule has 9 heteroatoms. The topological polar surface area (TPSA) is 84.9 Å². The lowest BCUT2D eigenvalue weighted by Crippen LogP contribution is -2.53. The van der Waals surface area contributed by atoms with Gasteiger partial charge in [-0.15, -0.1) is 5.10 Å². The molecule has 148 valence electrons. The van der Waals surface area contributed by atoms with Crippen molar-refractivity contribution in [3.8, 4) is 11.1 Å². The smallest absolute Gasteiger partial charge is 0.241 e. The van der Waals surface area contributed by atoms with Gasteiger partial charge in [0.25, 0.3) is 0 Å². The van der Waals surface area contributed by atoms with Gasteiger partial charge in [-0.3, -0.25) is 9.30 Å². The first-order valence-electron chi connectivity index (χ1n) is 10.1. The predicted molar refractivity (Wildman–Crippen MR) is 108 cm³/mol. The lowest BCUT2D eigenvalue weighted by Gasteiger charge is -2.44. The molecule has 9 nitrogen and oxygen atoms in total. The van der Waals surface area contributed by atoms with E-state index < -0.39 is 0 Å². The number of morpholine rings is 1. The predicted octanol–water partition coefficient (Wildman–Crippen LogP) is 1.71. The monoisotopic (exact) mass is 390 g/mol. The van der Waals surface area contributed by atoms with Crippen LogP contribution in [0.2, 0.25) is 0 Å². The van der Waals surface area contributed by atoms with E-state index in [1.807, 2.05) is 46.0 Å². The Labute approximate surface area is 167 Å². The Kier molecular flexibility index (Phi) is 3.95. The largest absolute Gasteiger partial charge is 0.379 e. The van der Waals surface area contributed by atoms with Gasteiger partial charge in [-0.05, 0) is 18.9 Å². The van der Waals surface area contributed by atoms with Crippen molar-refractivity contribution in [2.24, 2.45) is 0 Å². The van der Waals surface area contributed by atoms with E-state index in [0.717, 1.165) is 55.8 Å². The molecule has 29 heavy (non-hydrogen) atoms. The molecular weight excluding hydrogens is 368 g/mol. The van der Waals surface area contributed by atoms with Gasteiger partial charge in [0, 0.05) is 67.3 Å². The van der Waals surface area contributed by atoms with Crippen LogP contribution in [-0.4, -0.2) is 72.3 Å². The molecule has 0 amide bonds. The zero-order valence-electron chi connectivity index (χ0n) is 16.0. The summed E-state index contributed by atoms with van der Waals surface area (Å²) in [4.78, 5) is 15.7. The normalized spacial score (nSPS) is 22.8. The highest BCUT2D eigenvalue weighted by atomic mass is 16.5. The van der Waals surface area contributed by atoms with Crippen molar-refractivity contribution in [1.82, 2.24) is 33.9 Å². The number of nitrogens with one attached hydrogen (secondary N) is 1. The SMILES string of the molecule is c1cn2cc(-c3ccn4nc(NC5CC(N6CCOCC6)C5)ncc34)cnc2n1. The fourth-order valence-electron chi connectivity index (χ4n) is 4.29. The Morgan fingerprint density at radius 2 is 1.93 bits per heavy atom. The first kappa shape index (κ1) is 16.9. The summed E-state index contributed by atoms with van der Waals surface area (Å²) in [6.07, 6.45) is 13.6.